The number of para-hydroxylation sites is 1. The van der Waals surface area contributed by atoms with Crippen LogP contribution in [0, 0.1) is 0 Å². The van der Waals surface area contributed by atoms with Gasteiger partial charge in [0.15, 0.2) is 0 Å². The Morgan fingerprint density at radius 2 is 1.79 bits per heavy atom. The maximum atomic E-state index is 12.9. The molecule has 0 saturated heterocycles. The molecule has 5 aromatic rings. The van der Waals surface area contributed by atoms with Crippen molar-refractivity contribution in [1.29, 1.82) is 0 Å². The summed E-state index contributed by atoms with van der Waals surface area (Å²) in [6.07, 6.45) is 1.01. The molecule has 2 N–H and O–H groups in total. The number of nitrogens with one attached hydrogen (secondary N) is 2. The number of hydrogen-bond donors (Lipinski definition) is 2. The SMILES string of the molecule is Cn1cc(/C=C2/C(=O)Nc3ccccc32)c2cc(Nc3nccc(-c4ccc(C(F)(F)F)cc4)n3)ccc21. The Bertz CT molecular complexity index is 1740. The highest BCUT2D eigenvalue weighted by Crippen LogP contribution is 2.35. The summed E-state index contributed by atoms with van der Waals surface area (Å²) in [6, 6.07) is 19.9. The molecule has 0 aliphatic carbocycles. The van der Waals surface area contributed by atoms with Gasteiger partial charge in [0.05, 0.1) is 11.3 Å². The summed E-state index contributed by atoms with van der Waals surface area (Å²) in [6.45, 7) is 0. The van der Waals surface area contributed by atoms with Gasteiger partial charge in [-0.2, -0.15) is 13.2 Å². The molecule has 6 nitrogen and oxygen atoms in total. The average molecular weight is 512 g/mol. The van der Waals surface area contributed by atoms with Crippen molar-refractivity contribution in [1.82, 2.24) is 14.5 Å². The van der Waals surface area contributed by atoms with Gasteiger partial charge < -0.3 is 15.2 Å². The Balaban J connectivity index is 1.32. The molecule has 0 bridgehead atoms. The van der Waals surface area contributed by atoms with Crippen molar-refractivity contribution in [2.45, 2.75) is 6.18 Å². The molecule has 1 aliphatic heterocycles. The molecule has 0 unspecified atom stereocenters. The smallest absolute Gasteiger partial charge is 0.350 e. The summed E-state index contributed by atoms with van der Waals surface area (Å²) < 4.78 is 40.7. The molecule has 0 fully saturated rings. The van der Waals surface area contributed by atoms with E-state index in [0.29, 0.717) is 22.8 Å². The van der Waals surface area contributed by atoms with E-state index in [1.54, 1.807) is 12.3 Å². The normalized spacial score (nSPS) is 14.1. The fourth-order valence-electron chi connectivity index (χ4n) is 4.59. The molecule has 38 heavy (non-hydrogen) atoms. The van der Waals surface area contributed by atoms with Gasteiger partial charge in [-0.1, -0.05) is 30.3 Å². The average Bonchev–Trinajstić information content (AvgIpc) is 3.39. The minimum atomic E-state index is -4.40. The molecule has 0 atom stereocenters. The zero-order valence-electron chi connectivity index (χ0n) is 20.0. The number of alkyl halides is 3. The van der Waals surface area contributed by atoms with Crippen molar-refractivity contribution >= 4 is 45.8 Å². The molecule has 0 radical (unpaired) electrons. The van der Waals surface area contributed by atoms with Crippen LogP contribution in [0.4, 0.5) is 30.5 Å². The predicted octanol–water partition coefficient (Wildman–Crippen LogP) is 6.89. The molecule has 3 heterocycles. The number of rotatable bonds is 4. The monoisotopic (exact) mass is 511 g/mol. The molecule has 1 amide bonds. The molecule has 2 aromatic heterocycles. The summed E-state index contributed by atoms with van der Waals surface area (Å²) in [5, 5.41) is 7.01. The Kier molecular flexibility index (Phi) is 5.48. The van der Waals surface area contributed by atoms with Gasteiger partial charge in [-0.05, 0) is 48.5 Å². The second-order valence-electron chi connectivity index (χ2n) is 8.95. The van der Waals surface area contributed by atoms with E-state index in [2.05, 4.69) is 20.6 Å². The Morgan fingerprint density at radius 1 is 1.00 bits per heavy atom. The van der Waals surface area contributed by atoms with Crippen molar-refractivity contribution in [3.05, 3.63) is 102 Å². The van der Waals surface area contributed by atoms with Gasteiger partial charge in [0.25, 0.3) is 5.91 Å². The standard InChI is InChI=1S/C29H20F3N5O/c1-37-16-18(14-23-21-4-2-3-5-25(21)35-27(23)38)22-15-20(10-11-26(22)37)34-28-33-13-12-24(36-28)17-6-8-19(9-7-17)29(30,31)32/h2-16H,1H3,(H,35,38)(H,33,34,36)/b23-14+. The number of benzene rings is 3. The second-order valence-corrected chi connectivity index (χ2v) is 8.95. The van der Waals surface area contributed by atoms with Crippen molar-refractivity contribution in [3.8, 4) is 11.3 Å². The van der Waals surface area contributed by atoms with Gasteiger partial charge in [-0.25, -0.2) is 9.97 Å². The van der Waals surface area contributed by atoms with Crippen molar-refractivity contribution in [2.75, 3.05) is 10.6 Å². The number of aromatic nitrogens is 3. The molecule has 6 rings (SSSR count). The van der Waals surface area contributed by atoms with Crippen LogP contribution in [-0.4, -0.2) is 20.4 Å². The number of carbonyl (C=O) groups is 1. The molecule has 3 aromatic carbocycles. The lowest BCUT2D eigenvalue weighted by atomic mass is 10.0. The first-order valence-corrected chi connectivity index (χ1v) is 11.8. The maximum absolute atomic E-state index is 12.9. The van der Waals surface area contributed by atoms with Gasteiger partial charge in [0.2, 0.25) is 5.95 Å². The first-order valence-electron chi connectivity index (χ1n) is 11.8. The zero-order valence-corrected chi connectivity index (χ0v) is 20.0. The van der Waals surface area contributed by atoms with E-state index in [1.807, 2.05) is 66.4 Å². The molecule has 9 heteroatoms. The van der Waals surface area contributed by atoms with Crippen LogP contribution in [0.25, 0.3) is 33.8 Å². The summed E-state index contributed by atoms with van der Waals surface area (Å²) in [4.78, 5) is 21.4. The summed E-state index contributed by atoms with van der Waals surface area (Å²) in [5.41, 5.74) is 5.16. The molecule has 188 valence electrons. The van der Waals surface area contributed by atoms with Crippen molar-refractivity contribution < 1.29 is 18.0 Å². The number of amides is 1. The van der Waals surface area contributed by atoms with Crippen LogP contribution in [0.5, 0.6) is 0 Å². The van der Waals surface area contributed by atoms with Gasteiger partial charge >= 0.3 is 6.18 Å². The maximum Gasteiger partial charge on any atom is 0.416 e. The van der Waals surface area contributed by atoms with E-state index < -0.39 is 11.7 Å². The van der Waals surface area contributed by atoms with E-state index in [-0.39, 0.29) is 5.91 Å². The molecule has 1 aliphatic rings. The van der Waals surface area contributed by atoms with E-state index in [0.717, 1.165) is 45.5 Å². The molecule has 0 saturated carbocycles. The third-order valence-electron chi connectivity index (χ3n) is 6.45. The van der Waals surface area contributed by atoms with Crippen LogP contribution in [0.2, 0.25) is 0 Å². The lowest BCUT2D eigenvalue weighted by Crippen LogP contribution is -2.04. The van der Waals surface area contributed by atoms with Crippen LogP contribution in [0.15, 0.2) is 85.2 Å². The summed E-state index contributed by atoms with van der Waals surface area (Å²) >= 11 is 0. The van der Waals surface area contributed by atoms with E-state index in [1.165, 1.54) is 12.1 Å². The van der Waals surface area contributed by atoms with Crippen LogP contribution in [-0.2, 0) is 18.0 Å². The van der Waals surface area contributed by atoms with Crippen molar-refractivity contribution in [3.63, 3.8) is 0 Å². The Hall–Kier alpha value is -4.92. The topological polar surface area (TPSA) is 71.8 Å². The predicted molar refractivity (Wildman–Crippen MR) is 142 cm³/mol. The van der Waals surface area contributed by atoms with Gasteiger partial charge in [-0.3, -0.25) is 4.79 Å². The quantitative estimate of drug-likeness (QED) is 0.258. The van der Waals surface area contributed by atoms with Crippen molar-refractivity contribution in [2.24, 2.45) is 7.05 Å². The second kappa shape index (κ2) is 8.88. The van der Waals surface area contributed by atoms with Gasteiger partial charge in [-0.15, -0.1) is 0 Å². The third-order valence-corrected chi connectivity index (χ3v) is 6.45. The summed E-state index contributed by atoms with van der Waals surface area (Å²) in [5.74, 6) is 0.160. The van der Waals surface area contributed by atoms with E-state index in [9.17, 15) is 18.0 Å². The fourth-order valence-corrected chi connectivity index (χ4v) is 4.59. The van der Waals surface area contributed by atoms with Crippen LogP contribution in [0.1, 0.15) is 16.7 Å². The van der Waals surface area contributed by atoms with E-state index in [4.69, 9.17) is 0 Å². The minimum Gasteiger partial charge on any atom is -0.350 e. The lowest BCUT2D eigenvalue weighted by Gasteiger charge is -2.09. The third kappa shape index (κ3) is 4.28. The lowest BCUT2D eigenvalue weighted by molar-refractivity contribution is -0.137. The number of aryl methyl sites for hydroxylation is 1. The Labute approximate surface area is 215 Å². The van der Waals surface area contributed by atoms with Gasteiger partial charge in [0, 0.05) is 64.0 Å². The molecular formula is C29H20F3N5O. The van der Waals surface area contributed by atoms with Crippen LogP contribution in [0.3, 0.4) is 0 Å². The number of hydrogen-bond acceptors (Lipinski definition) is 4. The number of fused-ring (bicyclic) bond motifs is 2. The van der Waals surface area contributed by atoms with Gasteiger partial charge in [0.1, 0.15) is 0 Å². The number of nitrogens with zero attached hydrogens (tertiary/aromatic N) is 3. The zero-order chi connectivity index (χ0) is 26.4. The number of anilines is 3. The highest BCUT2D eigenvalue weighted by Gasteiger charge is 2.30. The fraction of sp³-hybridized carbons (Fsp3) is 0.0690. The Morgan fingerprint density at radius 3 is 2.58 bits per heavy atom. The molecular weight excluding hydrogens is 491 g/mol. The highest BCUT2D eigenvalue weighted by molar-refractivity contribution is 6.35. The number of carbonyl (C=O) groups excluding carboxylic acids is 1. The minimum absolute atomic E-state index is 0.147. The van der Waals surface area contributed by atoms with E-state index >= 15 is 0 Å². The largest absolute Gasteiger partial charge is 0.416 e. The van der Waals surface area contributed by atoms with Crippen LogP contribution < -0.4 is 10.6 Å². The highest BCUT2D eigenvalue weighted by atomic mass is 19.4. The van der Waals surface area contributed by atoms with Crippen LogP contribution >= 0.6 is 0 Å². The summed E-state index contributed by atoms with van der Waals surface area (Å²) in [7, 11) is 1.94. The number of halogens is 3. The molecule has 0 spiro atoms. The first kappa shape index (κ1) is 23.5. The first-order chi connectivity index (χ1) is 18.3.